The fourth-order valence-corrected chi connectivity index (χ4v) is 2.38. The highest BCUT2D eigenvalue weighted by Gasteiger charge is 2.31. The Kier molecular flexibility index (Phi) is 5.17. The Morgan fingerprint density at radius 2 is 2.11 bits per heavy atom. The Hall–Kier alpha value is -1.06. The van der Waals surface area contributed by atoms with Crippen molar-refractivity contribution >= 4 is 11.9 Å². The number of carbonyl (C=O) groups is 2. The molecule has 1 N–H and O–H groups in total. The number of nitrogens with one attached hydrogen (secondary N) is 1. The first-order valence-electron chi connectivity index (χ1n) is 6.85. The van der Waals surface area contributed by atoms with Gasteiger partial charge in [0.15, 0.2) is 0 Å². The lowest BCUT2D eigenvalue weighted by molar-refractivity contribution is -0.125. The lowest BCUT2D eigenvalue weighted by Crippen LogP contribution is -2.45. The van der Waals surface area contributed by atoms with E-state index >= 15 is 0 Å². The average molecular weight is 255 g/mol. The quantitative estimate of drug-likeness (QED) is 0.843. The molecule has 0 aromatic carbocycles. The predicted molar refractivity (Wildman–Crippen MR) is 70.4 cm³/mol. The normalized spacial score (nSPS) is 22.4. The van der Waals surface area contributed by atoms with Gasteiger partial charge in [0.1, 0.15) is 11.4 Å². The highest BCUT2D eigenvalue weighted by atomic mass is 16.6. The van der Waals surface area contributed by atoms with E-state index in [-0.39, 0.29) is 17.7 Å². The lowest BCUT2D eigenvalue weighted by atomic mass is 9.82. The van der Waals surface area contributed by atoms with Gasteiger partial charge in [-0.3, -0.25) is 4.79 Å². The molecule has 0 aliphatic heterocycles. The van der Waals surface area contributed by atoms with Crippen molar-refractivity contribution in [1.82, 2.24) is 5.32 Å². The molecular weight excluding hydrogens is 230 g/mol. The molecule has 2 unspecified atom stereocenters. The van der Waals surface area contributed by atoms with Gasteiger partial charge in [0.2, 0.25) is 0 Å². The van der Waals surface area contributed by atoms with Crippen molar-refractivity contribution in [3.05, 3.63) is 0 Å². The van der Waals surface area contributed by atoms with Gasteiger partial charge < -0.3 is 10.1 Å². The van der Waals surface area contributed by atoms with Crippen LogP contribution in [0.5, 0.6) is 0 Å². The molecular formula is C14H25NO3. The van der Waals surface area contributed by atoms with E-state index in [4.69, 9.17) is 4.74 Å². The second kappa shape index (κ2) is 6.21. The monoisotopic (exact) mass is 255 g/mol. The summed E-state index contributed by atoms with van der Waals surface area (Å²) in [6.07, 6.45) is 3.92. The highest BCUT2D eigenvalue weighted by Crippen LogP contribution is 2.25. The molecule has 1 aliphatic carbocycles. The maximum absolute atomic E-state index is 11.9. The summed E-state index contributed by atoms with van der Waals surface area (Å²) in [6, 6.07) is -0.0901. The number of amides is 1. The maximum Gasteiger partial charge on any atom is 0.407 e. The van der Waals surface area contributed by atoms with Gasteiger partial charge in [0.05, 0.1) is 0 Å². The van der Waals surface area contributed by atoms with Gasteiger partial charge in [-0.2, -0.15) is 0 Å². The van der Waals surface area contributed by atoms with E-state index in [0.717, 1.165) is 25.7 Å². The number of carbonyl (C=O) groups excluding carboxylic acids is 2. The third kappa shape index (κ3) is 4.67. The Morgan fingerprint density at radius 1 is 1.44 bits per heavy atom. The van der Waals surface area contributed by atoms with Crippen LogP contribution in [0.2, 0.25) is 0 Å². The number of Topliss-reactive ketones (excluding diaryl/α,β-unsaturated/α-hetero) is 1. The molecule has 0 bridgehead atoms. The summed E-state index contributed by atoms with van der Waals surface area (Å²) >= 11 is 0. The molecule has 104 valence electrons. The molecule has 0 saturated heterocycles. The Bertz CT molecular complexity index is 307. The predicted octanol–water partition coefficient (Wildman–Crippen LogP) is 3.05. The van der Waals surface area contributed by atoms with Crippen LogP contribution >= 0.6 is 0 Å². The van der Waals surface area contributed by atoms with Crippen LogP contribution in [0.4, 0.5) is 4.79 Å². The third-order valence-corrected chi connectivity index (χ3v) is 3.23. The van der Waals surface area contributed by atoms with Crippen LogP contribution < -0.4 is 5.32 Å². The smallest absolute Gasteiger partial charge is 0.407 e. The SMILES string of the molecule is CCC(NC(=O)OC(C)(C)C)C1CCCCC1=O. The molecule has 0 spiro atoms. The largest absolute Gasteiger partial charge is 0.444 e. The first kappa shape index (κ1) is 15.0. The van der Waals surface area contributed by atoms with Crippen molar-refractivity contribution < 1.29 is 14.3 Å². The molecule has 1 fully saturated rings. The minimum atomic E-state index is -0.501. The van der Waals surface area contributed by atoms with E-state index in [1.54, 1.807) is 0 Å². The highest BCUT2D eigenvalue weighted by molar-refractivity contribution is 5.83. The minimum absolute atomic E-state index is 0.0312. The van der Waals surface area contributed by atoms with Crippen molar-refractivity contribution in [2.45, 2.75) is 71.4 Å². The molecule has 0 radical (unpaired) electrons. The molecule has 4 nitrogen and oxygen atoms in total. The van der Waals surface area contributed by atoms with E-state index in [1.165, 1.54) is 0 Å². The zero-order valence-corrected chi connectivity index (χ0v) is 11.9. The molecule has 0 heterocycles. The molecule has 2 atom stereocenters. The van der Waals surface area contributed by atoms with Crippen LogP contribution in [0, 0.1) is 5.92 Å². The van der Waals surface area contributed by atoms with Crippen LogP contribution in [-0.2, 0) is 9.53 Å². The van der Waals surface area contributed by atoms with Gasteiger partial charge in [-0.25, -0.2) is 4.79 Å². The van der Waals surface area contributed by atoms with Gasteiger partial charge >= 0.3 is 6.09 Å². The first-order chi connectivity index (χ1) is 8.33. The van der Waals surface area contributed by atoms with Crippen LogP contribution in [0.25, 0.3) is 0 Å². The maximum atomic E-state index is 11.9. The average Bonchev–Trinajstić information content (AvgIpc) is 2.24. The minimum Gasteiger partial charge on any atom is -0.444 e. The summed E-state index contributed by atoms with van der Waals surface area (Å²) in [7, 11) is 0. The van der Waals surface area contributed by atoms with Gasteiger partial charge in [0, 0.05) is 18.4 Å². The van der Waals surface area contributed by atoms with Crippen molar-refractivity contribution in [3.8, 4) is 0 Å². The van der Waals surface area contributed by atoms with Gasteiger partial charge in [-0.15, -0.1) is 0 Å². The van der Waals surface area contributed by atoms with Gasteiger partial charge in [-0.1, -0.05) is 13.3 Å². The van der Waals surface area contributed by atoms with Crippen LogP contribution in [0.3, 0.4) is 0 Å². The number of ketones is 1. The first-order valence-corrected chi connectivity index (χ1v) is 6.85. The second-order valence-corrected chi connectivity index (χ2v) is 5.98. The summed E-state index contributed by atoms with van der Waals surface area (Å²) in [5.74, 6) is 0.250. The van der Waals surface area contributed by atoms with Crippen molar-refractivity contribution in [1.29, 1.82) is 0 Å². The molecule has 4 heteroatoms. The molecule has 1 aliphatic rings. The fourth-order valence-electron chi connectivity index (χ4n) is 2.38. The summed E-state index contributed by atoms with van der Waals surface area (Å²) in [6.45, 7) is 7.49. The summed E-state index contributed by atoms with van der Waals surface area (Å²) < 4.78 is 5.23. The molecule has 1 rings (SSSR count). The zero-order valence-electron chi connectivity index (χ0n) is 11.9. The van der Waals surface area contributed by atoms with E-state index in [0.29, 0.717) is 6.42 Å². The van der Waals surface area contributed by atoms with Crippen LogP contribution in [0.15, 0.2) is 0 Å². The topological polar surface area (TPSA) is 55.4 Å². The Balaban J connectivity index is 2.55. The fraction of sp³-hybridized carbons (Fsp3) is 0.857. The van der Waals surface area contributed by atoms with E-state index < -0.39 is 11.7 Å². The van der Waals surface area contributed by atoms with Crippen molar-refractivity contribution in [2.24, 2.45) is 5.92 Å². The summed E-state index contributed by atoms with van der Waals surface area (Å²) in [5, 5.41) is 2.84. The molecule has 18 heavy (non-hydrogen) atoms. The third-order valence-electron chi connectivity index (χ3n) is 3.23. The van der Waals surface area contributed by atoms with Gasteiger partial charge in [-0.05, 0) is 40.0 Å². The number of rotatable bonds is 3. The molecule has 1 amide bonds. The van der Waals surface area contributed by atoms with E-state index in [9.17, 15) is 9.59 Å². The van der Waals surface area contributed by atoms with Gasteiger partial charge in [0.25, 0.3) is 0 Å². The van der Waals surface area contributed by atoms with Crippen LogP contribution in [0.1, 0.15) is 59.8 Å². The standard InChI is InChI=1S/C14H25NO3/c1-5-11(10-8-6-7-9-12(10)16)15-13(17)18-14(2,3)4/h10-11H,5-9H2,1-4H3,(H,15,17). The molecule has 1 saturated carbocycles. The number of hydrogen-bond donors (Lipinski definition) is 1. The Morgan fingerprint density at radius 3 is 2.61 bits per heavy atom. The molecule has 0 aromatic heterocycles. The zero-order chi connectivity index (χ0) is 13.8. The second-order valence-electron chi connectivity index (χ2n) is 5.98. The lowest BCUT2D eigenvalue weighted by Gasteiger charge is -2.30. The van der Waals surface area contributed by atoms with Crippen LogP contribution in [-0.4, -0.2) is 23.5 Å². The van der Waals surface area contributed by atoms with Crippen molar-refractivity contribution in [2.75, 3.05) is 0 Å². The van der Waals surface area contributed by atoms with E-state index in [1.807, 2.05) is 27.7 Å². The van der Waals surface area contributed by atoms with E-state index in [2.05, 4.69) is 5.32 Å². The summed E-state index contributed by atoms with van der Waals surface area (Å²) in [5.41, 5.74) is -0.501. The van der Waals surface area contributed by atoms with Crippen molar-refractivity contribution in [3.63, 3.8) is 0 Å². The summed E-state index contributed by atoms with van der Waals surface area (Å²) in [4.78, 5) is 23.6. The number of hydrogen-bond acceptors (Lipinski definition) is 3. The number of alkyl carbamates (subject to hydrolysis) is 1. The Labute approximate surface area is 109 Å². The molecule has 0 aromatic rings. The number of ether oxygens (including phenoxy) is 1.